The van der Waals surface area contributed by atoms with Crippen LogP contribution in [-0.2, 0) is 25.7 Å². The van der Waals surface area contributed by atoms with E-state index in [0.29, 0.717) is 5.69 Å². The average Bonchev–Trinajstić information content (AvgIpc) is 2.90. The molecule has 0 atom stereocenters. The number of carbonyl (C=O) groups excluding carboxylic acids is 3. The van der Waals surface area contributed by atoms with E-state index < -0.39 is 0 Å². The van der Waals surface area contributed by atoms with Crippen LogP contribution >= 0.6 is 0 Å². The van der Waals surface area contributed by atoms with Crippen LogP contribution in [0.1, 0.15) is 13.3 Å². The van der Waals surface area contributed by atoms with Gasteiger partial charge in [0.25, 0.3) is 0 Å². The maximum absolute atomic E-state index is 11.9. The van der Waals surface area contributed by atoms with Crippen molar-refractivity contribution < 1.29 is 19.1 Å². The standard InChI is InChI=1S/C16H19N3O4/c1-11(20)18-13-4-3-5-14-12(13)7-9-19(14)10-15(21)17-8-6-16(22)23-2/h3-5,7,9H,6,8,10H2,1-2H3,(H,17,21)(H,18,20). The summed E-state index contributed by atoms with van der Waals surface area (Å²) in [6.45, 7) is 1.82. The molecule has 0 fully saturated rings. The molecule has 0 aliphatic rings. The predicted molar refractivity (Wildman–Crippen MR) is 85.9 cm³/mol. The summed E-state index contributed by atoms with van der Waals surface area (Å²) >= 11 is 0. The third kappa shape index (κ3) is 4.32. The van der Waals surface area contributed by atoms with Crippen molar-refractivity contribution in [3.8, 4) is 0 Å². The molecule has 2 rings (SSSR count). The quantitative estimate of drug-likeness (QED) is 0.785. The van der Waals surface area contributed by atoms with Gasteiger partial charge in [-0.25, -0.2) is 0 Å². The number of amides is 2. The van der Waals surface area contributed by atoms with E-state index in [1.165, 1.54) is 14.0 Å². The minimum atomic E-state index is -0.364. The molecule has 122 valence electrons. The topological polar surface area (TPSA) is 89.4 Å². The number of benzene rings is 1. The van der Waals surface area contributed by atoms with Gasteiger partial charge in [0.05, 0.1) is 24.7 Å². The minimum absolute atomic E-state index is 0.133. The Bertz CT molecular complexity index is 736. The SMILES string of the molecule is COC(=O)CCNC(=O)Cn1ccc2c(NC(C)=O)cccc21. The molecule has 23 heavy (non-hydrogen) atoms. The zero-order chi connectivity index (χ0) is 16.8. The molecule has 0 spiro atoms. The molecule has 7 nitrogen and oxygen atoms in total. The molecule has 0 aliphatic heterocycles. The predicted octanol–water partition coefficient (Wildman–Crippen LogP) is 1.28. The highest BCUT2D eigenvalue weighted by Crippen LogP contribution is 2.24. The van der Waals surface area contributed by atoms with Gasteiger partial charge in [0, 0.05) is 25.1 Å². The molecule has 7 heteroatoms. The Morgan fingerprint density at radius 3 is 2.70 bits per heavy atom. The Labute approximate surface area is 133 Å². The highest BCUT2D eigenvalue weighted by molar-refractivity contribution is 6.01. The summed E-state index contributed by atoms with van der Waals surface area (Å²) in [5, 5.41) is 6.30. The van der Waals surface area contributed by atoms with E-state index >= 15 is 0 Å². The zero-order valence-corrected chi connectivity index (χ0v) is 13.1. The van der Waals surface area contributed by atoms with E-state index in [-0.39, 0.29) is 37.3 Å². The number of hydrogen-bond donors (Lipinski definition) is 2. The van der Waals surface area contributed by atoms with Gasteiger partial charge in [-0.05, 0) is 18.2 Å². The molecule has 0 aliphatic carbocycles. The number of rotatable bonds is 6. The van der Waals surface area contributed by atoms with Gasteiger partial charge in [0.15, 0.2) is 0 Å². The molecular formula is C16H19N3O4. The number of nitrogens with zero attached hydrogens (tertiary/aromatic N) is 1. The number of methoxy groups -OCH3 is 1. The third-order valence-electron chi connectivity index (χ3n) is 3.32. The van der Waals surface area contributed by atoms with E-state index in [1.807, 2.05) is 24.3 Å². The lowest BCUT2D eigenvalue weighted by Crippen LogP contribution is -2.29. The van der Waals surface area contributed by atoms with Crippen molar-refractivity contribution in [1.29, 1.82) is 0 Å². The van der Waals surface area contributed by atoms with E-state index in [1.54, 1.807) is 10.8 Å². The molecule has 0 saturated carbocycles. The lowest BCUT2D eigenvalue weighted by Gasteiger charge is -2.08. The number of nitrogens with one attached hydrogen (secondary N) is 2. The summed E-state index contributed by atoms with van der Waals surface area (Å²) in [6.07, 6.45) is 1.93. The average molecular weight is 317 g/mol. The van der Waals surface area contributed by atoms with Gasteiger partial charge in [-0.3, -0.25) is 14.4 Å². The van der Waals surface area contributed by atoms with Gasteiger partial charge in [-0.2, -0.15) is 0 Å². The van der Waals surface area contributed by atoms with Gasteiger partial charge in [0.1, 0.15) is 6.54 Å². The molecule has 1 aromatic heterocycles. The van der Waals surface area contributed by atoms with E-state index in [4.69, 9.17) is 0 Å². The van der Waals surface area contributed by atoms with Crippen LogP contribution in [0.4, 0.5) is 5.69 Å². The van der Waals surface area contributed by atoms with Crippen LogP contribution in [0.25, 0.3) is 10.9 Å². The highest BCUT2D eigenvalue weighted by Gasteiger charge is 2.10. The first-order valence-electron chi connectivity index (χ1n) is 7.20. The lowest BCUT2D eigenvalue weighted by atomic mass is 10.2. The summed E-state index contributed by atoms with van der Waals surface area (Å²) < 4.78 is 6.30. The maximum Gasteiger partial charge on any atom is 0.307 e. The van der Waals surface area contributed by atoms with Crippen LogP contribution in [0, 0.1) is 0 Å². The van der Waals surface area contributed by atoms with Crippen molar-refractivity contribution in [2.45, 2.75) is 19.9 Å². The number of hydrogen-bond acceptors (Lipinski definition) is 4. The van der Waals surface area contributed by atoms with Crippen molar-refractivity contribution in [1.82, 2.24) is 9.88 Å². The number of ether oxygens (including phenoxy) is 1. The normalized spacial score (nSPS) is 10.3. The van der Waals surface area contributed by atoms with Crippen LogP contribution in [-0.4, -0.2) is 36.0 Å². The Hall–Kier alpha value is -2.83. The fraction of sp³-hybridized carbons (Fsp3) is 0.312. The molecule has 0 radical (unpaired) electrons. The molecule has 2 N–H and O–H groups in total. The molecule has 1 aromatic carbocycles. The van der Waals surface area contributed by atoms with Gasteiger partial charge in [-0.1, -0.05) is 6.07 Å². The fourth-order valence-corrected chi connectivity index (χ4v) is 2.28. The number of carbonyl (C=O) groups is 3. The number of aromatic nitrogens is 1. The summed E-state index contributed by atoms with van der Waals surface area (Å²) in [5.41, 5.74) is 1.55. The van der Waals surface area contributed by atoms with Crippen molar-refractivity contribution in [3.05, 3.63) is 30.5 Å². The molecule has 0 saturated heterocycles. The van der Waals surface area contributed by atoms with Gasteiger partial charge < -0.3 is 19.9 Å². The van der Waals surface area contributed by atoms with Crippen molar-refractivity contribution in [3.63, 3.8) is 0 Å². The smallest absolute Gasteiger partial charge is 0.307 e. The Morgan fingerprint density at radius 2 is 2.00 bits per heavy atom. The summed E-state index contributed by atoms with van der Waals surface area (Å²) in [4.78, 5) is 34.1. The van der Waals surface area contributed by atoms with Crippen LogP contribution < -0.4 is 10.6 Å². The first kappa shape index (κ1) is 16.5. The first-order chi connectivity index (χ1) is 11.0. The van der Waals surface area contributed by atoms with E-state index in [2.05, 4.69) is 15.4 Å². The lowest BCUT2D eigenvalue weighted by molar-refractivity contribution is -0.140. The molecule has 0 bridgehead atoms. The van der Waals surface area contributed by atoms with Gasteiger partial charge in [-0.15, -0.1) is 0 Å². The van der Waals surface area contributed by atoms with Crippen molar-refractivity contribution in [2.24, 2.45) is 0 Å². The Balaban J connectivity index is 2.05. The van der Waals surface area contributed by atoms with Crippen LogP contribution in [0.3, 0.4) is 0 Å². The van der Waals surface area contributed by atoms with Gasteiger partial charge in [0.2, 0.25) is 11.8 Å². The first-order valence-corrected chi connectivity index (χ1v) is 7.20. The third-order valence-corrected chi connectivity index (χ3v) is 3.32. The minimum Gasteiger partial charge on any atom is -0.469 e. The van der Waals surface area contributed by atoms with Crippen molar-refractivity contribution >= 4 is 34.4 Å². The maximum atomic E-state index is 11.9. The molecule has 1 heterocycles. The second-order valence-corrected chi connectivity index (χ2v) is 5.04. The largest absolute Gasteiger partial charge is 0.469 e. The Kier molecular flexibility index (Phi) is 5.35. The number of esters is 1. The number of anilines is 1. The van der Waals surface area contributed by atoms with Crippen LogP contribution in [0.15, 0.2) is 30.5 Å². The summed E-state index contributed by atoms with van der Waals surface area (Å²) in [7, 11) is 1.31. The monoisotopic (exact) mass is 317 g/mol. The van der Waals surface area contributed by atoms with E-state index in [9.17, 15) is 14.4 Å². The van der Waals surface area contributed by atoms with Crippen LogP contribution in [0.5, 0.6) is 0 Å². The molecule has 0 unspecified atom stereocenters. The van der Waals surface area contributed by atoms with Gasteiger partial charge >= 0.3 is 5.97 Å². The highest BCUT2D eigenvalue weighted by atomic mass is 16.5. The van der Waals surface area contributed by atoms with E-state index in [0.717, 1.165) is 10.9 Å². The molecule has 2 aromatic rings. The number of fused-ring (bicyclic) bond motifs is 1. The molecule has 2 amide bonds. The summed E-state index contributed by atoms with van der Waals surface area (Å²) in [6, 6.07) is 7.36. The Morgan fingerprint density at radius 1 is 1.22 bits per heavy atom. The second kappa shape index (κ2) is 7.44. The van der Waals surface area contributed by atoms with Crippen molar-refractivity contribution in [2.75, 3.05) is 19.0 Å². The molecular weight excluding hydrogens is 298 g/mol. The van der Waals surface area contributed by atoms with Crippen LogP contribution in [0.2, 0.25) is 0 Å². The zero-order valence-electron chi connectivity index (χ0n) is 13.1. The second-order valence-electron chi connectivity index (χ2n) is 5.04. The fourth-order valence-electron chi connectivity index (χ4n) is 2.28. The summed E-state index contributed by atoms with van der Waals surface area (Å²) in [5.74, 6) is -0.709.